The molecule has 0 atom stereocenters. The Hall–Kier alpha value is -2.02. The summed E-state index contributed by atoms with van der Waals surface area (Å²) in [5.41, 5.74) is -5.36. The maximum absolute atomic E-state index is 13.7. The van der Waals surface area contributed by atoms with Crippen LogP contribution in [0, 0.1) is 0 Å². The first-order valence-electron chi connectivity index (χ1n) is 6.92. The van der Waals surface area contributed by atoms with Gasteiger partial charge in [-0.3, -0.25) is 0 Å². The van der Waals surface area contributed by atoms with Gasteiger partial charge in [0.2, 0.25) is 5.41 Å². The summed E-state index contributed by atoms with van der Waals surface area (Å²) in [7, 11) is 1.38. The van der Waals surface area contributed by atoms with Crippen molar-refractivity contribution in [3.8, 4) is 0 Å². The predicted octanol–water partition coefficient (Wildman–Crippen LogP) is 5.24. The minimum Gasteiger partial charge on any atom is -0.380 e. The van der Waals surface area contributed by atoms with Crippen molar-refractivity contribution in [2.75, 3.05) is 7.11 Å². The molecule has 1 nitrogen and oxygen atoms in total. The highest BCUT2D eigenvalue weighted by Gasteiger charge is 2.72. The molecule has 0 aromatic heterocycles. The van der Waals surface area contributed by atoms with E-state index < -0.39 is 28.9 Å². The second-order valence-electron chi connectivity index (χ2n) is 5.24. The van der Waals surface area contributed by atoms with E-state index in [4.69, 9.17) is 4.74 Å². The van der Waals surface area contributed by atoms with Crippen LogP contribution in [0.2, 0.25) is 0 Å². The number of hydrogen-bond donors (Lipinski definition) is 0. The molecule has 0 heterocycles. The third-order valence-electron chi connectivity index (χ3n) is 3.76. The van der Waals surface area contributed by atoms with Crippen molar-refractivity contribution >= 4 is 0 Å². The third kappa shape index (κ3) is 3.00. The van der Waals surface area contributed by atoms with Crippen molar-refractivity contribution in [2.24, 2.45) is 0 Å². The van der Waals surface area contributed by atoms with Gasteiger partial charge in [-0.15, -0.1) is 0 Å². The Morgan fingerprint density at radius 3 is 1.58 bits per heavy atom. The van der Waals surface area contributed by atoms with E-state index in [9.17, 15) is 26.3 Å². The summed E-state index contributed by atoms with van der Waals surface area (Å²) in [6.45, 7) is 0.0939. The van der Waals surface area contributed by atoms with E-state index in [2.05, 4.69) is 0 Å². The standard InChI is InChI=1S/C17H14F6O/c1-24-11-12-7-9-14(10-8-12)15(16(18,19)20,17(21,22)23)13-5-3-2-4-6-13/h2-10H,11H2,1H3. The molecule has 0 aliphatic heterocycles. The van der Waals surface area contributed by atoms with Crippen LogP contribution < -0.4 is 0 Å². The van der Waals surface area contributed by atoms with Crippen molar-refractivity contribution in [1.29, 1.82) is 0 Å². The first-order valence-corrected chi connectivity index (χ1v) is 6.92. The van der Waals surface area contributed by atoms with Crippen LogP contribution in [-0.4, -0.2) is 19.5 Å². The molecule has 7 heteroatoms. The molecular formula is C17H14F6O. The minimum absolute atomic E-state index is 0.0939. The van der Waals surface area contributed by atoms with Gasteiger partial charge >= 0.3 is 12.4 Å². The Labute approximate surface area is 134 Å². The van der Waals surface area contributed by atoms with Crippen molar-refractivity contribution in [3.05, 3.63) is 71.3 Å². The average Bonchev–Trinajstić information content (AvgIpc) is 2.48. The van der Waals surface area contributed by atoms with E-state index >= 15 is 0 Å². The molecule has 0 radical (unpaired) electrons. The maximum atomic E-state index is 13.7. The highest BCUT2D eigenvalue weighted by Crippen LogP contribution is 2.56. The highest BCUT2D eigenvalue weighted by molar-refractivity contribution is 5.44. The van der Waals surface area contributed by atoms with Gasteiger partial charge in [-0.1, -0.05) is 54.6 Å². The molecule has 0 spiro atoms. The summed E-state index contributed by atoms with van der Waals surface area (Å²) in [6, 6.07) is 9.45. The third-order valence-corrected chi connectivity index (χ3v) is 3.76. The van der Waals surface area contributed by atoms with Gasteiger partial charge < -0.3 is 4.74 Å². The Kier molecular flexibility index (Phi) is 4.94. The first kappa shape index (κ1) is 18.3. The fourth-order valence-corrected chi connectivity index (χ4v) is 2.69. The lowest BCUT2D eigenvalue weighted by molar-refractivity contribution is -0.288. The molecule has 0 saturated carbocycles. The molecule has 0 aliphatic rings. The van der Waals surface area contributed by atoms with Gasteiger partial charge in [-0.05, 0) is 16.7 Å². The van der Waals surface area contributed by atoms with Gasteiger partial charge in [0.15, 0.2) is 0 Å². The van der Waals surface area contributed by atoms with Crippen LogP contribution in [0.4, 0.5) is 26.3 Å². The highest BCUT2D eigenvalue weighted by atomic mass is 19.4. The summed E-state index contributed by atoms with van der Waals surface area (Å²) >= 11 is 0. The molecule has 0 bridgehead atoms. The van der Waals surface area contributed by atoms with Crippen molar-refractivity contribution < 1.29 is 31.1 Å². The molecule has 0 unspecified atom stereocenters. The van der Waals surface area contributed by atoms with Gasteiger partial charge in [-0.25, -0.2) is 0 Å². The van der Waals surface area contributed by atoms with Gasteiger partial charge in [0.25, 0.3) is 0 Å². The summed E-state index contributed by atoms with van der Waals surface area (Å²) in [5.74, 6) is 0. The van der Waals surface area contributed by atoms with E-state index in [1.54, 1.807) is 0 Å². The molecule has 2 aromatic carbocycles. The Balaban J connectivity index is 2.75. The zero-order valence-electron chi connectivity index (χ0n) is 12.6. The summed E-state index contributed by atoms with van der Waals surface area (Å²) in [6.07, 6.45) is -11.1. The Morgan fingerprint density at radius 1 is 0.708 bits per heavy atom. The van der Waals surface area contributed by atoms with E-state index in [0.717, 1.165) is 36.4 Å². The van der Waals surface area contributed by atoms with Gasteiger partial charge in [0.1, 0.15) is 0 Å². The quantitative estimate of drug-likeness (QED) is 0.686. The van der Waals surface area contributed by atoms with Crippen LogP contribution in [0.15, 0.2) is 54.6 Å². The number of rotatable bonds is 4. The molecule has 2 aromatic rings. The van der Waals surface area contributed by atoms with Crippen molar-refractivity contribution in [1.82, 2.24) is 0 Å². The van der Waals surface area contributed by atoms with E-state index in [0.29, 0.717) is 5.56 Å². The fourth-order valence-electron chi connectivity index (χ4n) is 2.69. The molecule has 0 aliphatic carbocycles. The average molecular weight is 348 g/mol. The normalized spacial score (nSPS) is 13.1. The molecule has 0 N–H and O–H groups in total. The Bertz CT molecular complexity index is 644. The van der Waals surface area contributed by atoms with Crippen LogP contribution >= 0.6 is 0 Å². The lowest BCUT2D eigenvalue weighted by atomic mass is 9.73. The first-order chi connectivity index (χ1) is 11.1. The predicted molar refractivity (Wildman–Crippen MR) is 76.5 cm³/mol. The number of halogens is 6. The SMILES string of the molecule is COCc1ccc(C(c2ccccc2)(C(F)(F)F)C(F)(F)F)cc1. The van der Waals surface area contributed by atoms with E-state index in [1.165, 1.54) is 25.3 Å². The zero-order chi connectivity index (χ0) is 18.0. The zero-order valence-corrected chi connectivity index (χ0v) is 12.6. The molecule has 0 fully saturated rings. The van der Waals surface area contributed by atoms with Crippen molar-refractivity contribution in [2.45, 2.75) is 24.4 Å². The van der Waals surface area contributed by atoms with Gasteiger partial charge in [0.05, 0.1) is 6.61 Å². The summed E-state index contributed by atoms with van der Waals surface area (Å²) in [5, 5.41) is 0. The van der Waals surface area contributed by atoms with Crippen molar-refractivity contribution in [3.63, 3.8) is 0 Å². The second kappa shape index (κ2) is 6.47. The van der Waals surface area contributed by atoms with Crippen LogP contribution in [0.1, 0.15) is 16.7 Å². The fraction of sp³-hybridized carbons (Fsp3) is 0.294. The van der Waals surface area contributed by atoms with Crippen LogP contribution in [0.25, 0.3) is 0 Å². The maximum Gasteiger partial charge on any atom is 0.411 e. The Morgan fingerprint density at radius 2 is 1.17 bits per heavy atom. The molecular weight excluding hydrogens is 334 g/mol. The van der Waals surface area contributed by atoms with Gasteiger partial charge in [0, 0.05) is 7.11 Å². The van der Waals surface area contributed by atoms with E-state index in [1.807, 2.05) is 0 Å². The molecule has 2 rings (SSSR count). The van der Waals surface area contributed by atoms with E-state index in [-0.39, 0.29) is 6.61 Å². The number of methoxy groups -OCH3 is 1. The topological polar surface area (TPSA) is 9.23 Å². The molecule has 0 amide bonds. The van der Waals surface area contributed by atoms with Gasteiger partial charge in [-0.2, -0.15) is 26.3 Å². The monoisotopic (exact) mass is 348 g/mol. The number of benzene rings is 2. The minimum atomic E-state index is -5.56. The molecule has 24 heavy (non-hydrogen) atoms. The lowest BCUT2D eigenvalue weighted by Gasteiger charge is -2.38. The smallest absolute Gasteiger partial charge is 0.380 e. The summed E-state index contributed by atoms with van der Waals surface area (Å²) in [4.78, 5) is 0. The molecule has 130 valence electrons. The van der Waals surface area contributed by atoms with Crippen LogP contribution in [0.3, 0.4) is 0 Å². The van der Waals surface area contributed by atoms with Crippen LogP contribution in [0.5, 0.6) is 0 Å². The lowest BCUT2D eigenvalue weighted by Crippen LogP contribution is -2.54. The number of alkyl halides is 6. The number of ether oxygens (including phenoxy) is 1. The largest absolute Gasteiger partial charge is 0.411 e. The number of hydrogen-bond acceptors (Lipinski definition) is 1. The second-order valence-corrected chi connectivity index (χ2v) is 5.24. The molecule has 0 saturated heterocycles. The summed E-state index contributed by atoms with van der Waals surface area (Å²) < 4.78 is 87.3. The van der Waals surface area contributed by atoms with Crippen LogP contribution in [-0.2, 0) is 16.8 Å².